The summed E-state index contributed by atoms with van der Waals surface area (Å²) in [5.74, 6) is 0. The molecule has 0 saturated carbocycles. The van der Waals surface area contributed by atoms with Gasteiger partial charge in [-0.1, -0.05) is 6.07 Å². The summed E-state index contributed by atoms with van der Waals surface area (Å²) in [6.07, 6.45) is 0.651. The topological polar surface area (TPSA) is 46.2 Å². The molecule has 0 saturated heterocycles. The van der Waals surface area contributed by atoms with Crippen molar-refractivity contribution in [3.8, 4) is 0 Å². The first-order valence-corrected chi connectivity index (χ1v) is 4.11. The second kappa shape index (κ2) is 3.59. The molecule has 0 aromatic heterocycles. The van der Waals surface area contributed by atoms with Gasteiger partial charge in [-0.2, -0.15) is 0 Å². The van der Waals surface area contributed by atoms with Gasteiger partial charge in [0.1, 0.15) is 0 Å². The Hall–Kier alpha value is -1.02. The van der Waals surface area contributed by atoms with Crippen LogP contribution in [0.4, 0.5) is 5.69 Å². The van der Waals surface area contributed by atoms with E-state index in [0.29, 0.717) is 6.42 Å². The number of nitrogen functional groups attached to an aromatic ring is 1. The predicted octanol–water partition coefficient (Wildman–Crippen LogP) is 1.42. The van der Waals surface area contributed by atoms with Gasteiger partial charge in [0.05, 0.1) is 0 Å². The lowest BCUT2D eigenvalue weighted by molar-refractivity contribution is 0.299. The third-order valence-corrected chi connectivity index (χ3v) is 2.01. The van der Waals surface area contributed by atoms with Gasteiger partial charge in [0, 0.05) is 12.3 Å². The Morgan fingerprint density at radius 1 is 1.33 bits per heavy atom. The van der Waals surface area contributed by atoms with E-state index in [9.17, 15) is 0 Å². The Morgan fingerprint density at radius 2 is 2.00 bits per heavy atom. The molecular formula is C10H15NO. The maximum absolute atomic E-state index is 8.78. The van der Waals surface area contributed by atoms with Crippen LogP contribution in [0.3, 0.4) is 0 Å². The Balaban J connectivity index is 3.10. The highest BCUT2D eigenvalue weighted by Crippen LogP contribution is 2.19. The highest BCUT2D eigenvalue weighted by atomic mass is 16.2. The zero-order valence-electron chi connectivity index (χ0n) is 7.59. The molecule has 0 fully saturated rings. The quantitative estimate of drug-likeness (QED) is 0.651. The summed E-state index contributed by atoms with van der Waals surface area (Å²) < 4.78 is 0. The van der Waals surface area contributed by atoms with E-state index in [1.165, 1.54) is 11.1 Å². The van der Waals surface area contributed by atoms with Gasteiger partial charge in [0.2, 0.25) is 0 Å². The van der Waals surface area contributed by atoms with Gasteiger partial charge < -0.3 is 10.8 Å². The fourth-order valence-electron chi connectivity index (χ4n) is 1.48. The number of aryl methyl sites for hydroxylation is 2. The highest BCUT2D eigenvalue weighted by Gasteiger charge is 2.02. The minimum absolute atomic E-state index is 0.161. The van der Waals surface area contributed by atoms with Gasteiger partial charge in [-0.15, -0.1) is 0 Å². The second-order valence-electron chi connectivity index (χ2n) is 3.12. The van der Waals surface area contributed by atoms with Crippen molar-refractivity contribution in [3.05, 3.63) is 28.8 Å². The predicted molar refractivity (Wildman–Crippen MR) is 51.1 cm³/mol. The summed E-state index contributed by atoms with van der Waals surface area (Å²) in [5, 5.41) is 8.78. The number of benzene rings is 1. The van der Waals surface area contributed by atoms with E-state index in [-0.39, 0.29) is 6.61 Å². The van der Waals surface area contributed by atoms with Crippen molar-refractivity contribution < 1.29 is 5.11 Å². The molecule has 0 aliphatic heterocycles. The number of hydrogen-bond acceptors (Lipinski definition) is 2. The van der Waals surface area contributed by atoms with Crippen LogP contribution in [0.5, 0.6) is 0 Å². The minimum atomic E-state index is 0.161. The van der Waals surface area contributed by atoms with Gasteiger partial charge in [-0.05, 0) is 43.0 Å². The third kappa shape index (κ3) is 1.77. The first kappa shape index (κ1) is 9.07. The number of rotatable bonds is 2. The standard InChI is InChI=1S/C10H15NO/c1-7-5-8(2)9(3-4-12)10(11)6-7/h5-6,12H,3-4,11H2,1-2H3. The average Bonchev–Trinajstić information content (AvgIpc) is 1.96. The number of hydrogen-bond donors (Lipinski definition) is 2. The number of nitrogens with two attached hydrogens (primary N) is 1. The summed E-state index contributed by atoms with van der Waals surface area (Å²) in [5.41, 5.74) is 10.0. The average molecular weight is 165 g/mol. The van der Waals surface area contributed by atoms with Crippen LogP contribution in [0.15, 0.2) is 12.1 Å². The Bertz CT molecular complexity index is 258. The molecule has 0 atom stereocenters. The van der Waals surface area contributed by atoms with E-state index >= 15 is 0 Å². The molecule has 1 aromatic carbocycles. The maximum atomic E-state index is 8.78. The van der Waals surface area contributed by atoms with Gasteiger partial charge in [-0.25, -0.2) is 0 Å². The fraction of sp³-hybridized carbons (Fsp3) is 0.400. The maximum Gasteiger partial charge on any atom is 0.0472 e. The Labute approximate surface area is 73.0 Å². The van der Waals surface area contributed by atoms with Crippen molar-refractivity contribution in [1.82, 2.24) is 0 Å². The lowest BCUT2D eigenvalue weighted by Crippen LogP contribution is -2.01. The lowest BCUT2D eigenvalue weighted by Gasteiger charge is -2.08. The summed E-state index contributed by atoms with van der Waals surface area (Å²) in [6.45, 7) is 4.20. The van der Waals surface area contributed by atoms with Crippen molar-refractivity contribution >= 4 is 5.69 Å². The monoisotopic (exact) mass is 165 g/mol. The molecule has 0 heterocycles. The minimum Gasteiger partial charge on any atom is -0.398 e. The largest absolute Gasteiger partial charge is 0.398 e. The van der Waals surface area contributed by atoms with E-state index in [0.717, 1.165) is 11.3 Å². The van der Waals surface area contributed by atoms with Crippen LogP contribution in [0.1, 0.15) is 16.7 Å². The van der Waals surface area contributed by atoms with Crippen molar-refractivity contribution in [2.45, 2.75) is 20.3 Å². The molecule has 3 N–H and O–H groups in total. The number of aliphatic hydroxyl groups is 1. The van der Waals surface area contributed by atoms with E-state index in [4.69, 9.17) is 10.8 Å². The van der Waals surface area contributed by atoms with E-state index in [1.54, 1.807) is 0 Å². The van der Waals surface area contributed by atoms with Crippen LogP contribution in [0.25, 0.3) is 0 Å². The van der Waals surface area contributed by atoms with Crippen LogP contribution in [-0.4, -0.2) is 11.7 Å². The van der Waals surface area contributed by atoms with E-state index < -0.39 is 0 Å². The molecule has 0 aliphatic rings. The van der Waals surface area contributed by atoms with Crippen molar-refractivity contribution in [3.63, 3.8) is 0 Å². The zero-order chi connectivity index (χ0) is 9.14. The van der Waals surface area contributed by atoms with Crippen LogP contribution < -0.4 is 5.73 Å². The molecule has 66 valence electrons. The molecule has 0 spiro atoms. The smallest absolute Gasteiger partial charge is 0.0472 e. The van der Waals surface area contributed by atoms with Gasteiger partial charge in [-0.3, -0.25) is 0 Å². The van der Waals surface area contributed by atoms with E-state index in [2.05, 4.69) is 6.07 Å². The molecule has 2 heteroatoms. The molecule has 12 heavy (non-hydrogen) atoms. The second-order valence-corrected chi connectivity index (χ2v) is 3.12. The molecule has 0 unspecified atom stereocenters. The van der Waals surface area contributed by atoms with Gasteiger partial charge >= 0.3 is 0 Å². The summed E-state index contributed by atoms with van der Waals surface area (Å²) in [6, 6.07) is 4.03. The number of aliphatic hydroxyl groups excluding tert-OH is 1. The van der Waals surface area contributed by atoms with Gasteiger partial charge in [0.25, 0.3) is 0 Å². The number of anilines is 1. The summed E-state index contributed by atoms with van der Waals surface area (Å²) >= 11 is 0. The Kier molecular flexibility index (Phi) is 2.71. The molecule has 2 nitrogen and oxygen atoms in total. The van der Waals surface area contributed by atoms with Crippen molar-refractivity contribution in [1.29, 1.82) is 0 Å². The lowest BCUT2D eigenvalue weighted by atomic mass is 10.0. The molecule has 0 aliphatic carbocycles. The molecule has 1 rings (SSSR count). The molecule has 0 bridgehead atoms. The van der Waals surface area contributed by atoms with Crippen LogP contribution >= 0.6 is 0 Å². The normalized spacial score (nSPS) is 10.2. The van der Waals surface area contributed by atoms with Gasteiger partial charge in [0.15, 0.2) is 0 Å². The first-order chi connectivity index (χ1) is 5.65. The molecule has 1 aromatic rings. The molecular weight excluding hydrogens is 150 g/mol. The van der Waals surface area contributed by atoms with Crippen molar-refractivity contribution in [2.24, 2.45) is 0 Å². The van der Waals surface area contributed by atoms with E-state index in [1.807, 2.05) is 19.9 Å². The first-order valence-electron chi connectivity index (χ1n) is 4.11. The van der Waals surface area contributed by atoms with Crippen molar-refractivity contribution in [2.75, 3.05) is 12.3 Å². The molecule has 0 amide bonds. The molecule has 0 radical (unpaired) electrons. The highest BCUT2D eigenvalue weighted by molar-refractivity contribution is 5.53. The van der Waals surface area contributed by atoms with Crippen LogP contribution in [-0.2, 0) is 6.42 Å². The third-order valence-electron chi connectivity index (χ3n) is 2.01. The SMILES string of the molecule is Cc1cc(C)c(CCO)c(N)c1. The summed E-state index contributed by atoms with van der Waals surface area (Å²) in [4.78, 5) is 0. The van der Waals surface area contributed by atoms with Crippen LogP contribution in [0, 0.1) is 13.8 Å². The van der Waals surface area contributed by atoms with Crippen LogP contribution in [0.2, 0.25) is 0 Å². The summed E-state index contributed by atoms with van der Waals surface area (Å²) in [7, 11) is 0. The zero-order valence-corrected chi connectivity index (χ0v) is 7.59. The fourth-order valence-corrected chi connectivity index (χ4v) is 1.48. The Morgan fingerprint density at radius 3 is 2.50 bits per heavy atom.